The van der Waals surface area contributed by atoms with Crippen LogP contribution < -0.4 is 10.1 Å². The minimum absolute atomic E-state index is 0.389. The van der Waals surface area contributed by atoms with E-state index in [2.05, 4.69) is 4.98 Å². The Morgan fingerprint density at radius 3 is 3.00 bits per heavy atom. The van der Waals surface area contributed by atoms with Gasteiger partial charge in [0.2, 0.25) is 0 Å². The number of halogens is 1. The Labute approximate surface area is 149 Å². The summed E-state index contributed by atoms with van der Waals surface area (Å²) in [6.07, 6.45) is 4.45. The second-order valence-electron chi connectivity index (χ2n) is 5.69. The fourth-order valence-electron chi connectivity index (χ4n) is 2.70. The molecule has 0 saturated heterocycles. The van der Waals surface area contributed by atoms with E-state index in [0.29, 0.717) is 40.6 Å². The van der Waals surface area contributed by atoms with Crippen molar-refractivity contribution in [3.63, 3.8) is 0 Å². The molecule has 1 aromatic carbocycles. The molecule has 0 aliphatic carbocycles. The van der Waals surface area contributed by atoms with Gasteiger partial charge in [-0.15, -0.1) is 11.6 Å². The SMILES string of the molecule is N=c1cc(-c2cc3cccn3cn2)oc2cc(OCCCCl)ccc12. The van der Waals surface area contributed by atoms with Crippen molar-refractivity contribution in [3.05, 3.63) is 60.3 Å². The van der Waals surface area contributed by atoms with Gasteiger partial charge in [-0.25, -0.2) is 4.98 Å². The maximum atomic E-state index is 8.27. The topological polar surface area (TPSA) is 63.5 Å². The molecule has 6 heteroatoms. The van der Waals surface area contributed by atoms with E-state index in [4.69, 9.17) is 26.2 Å². The summed E-state index contributed by atoms with van der Waals surface area (Å²) in [5.41, 5.74) is 2.31. The van der Waals surface area contributed by atoms with Crippen LogP contribution in [0.4, 0.5) is 0 Å². The molecule has 0 radical (unpaired) electrons. The fourth-order valence-corrected chi connectivity index (χ4v) is 2.81. The first kappa shape index (κ1) is 15.7. The lowest BCUT2D eigenvalue weighted by molar-refractivity contribution is 0.318. The van der Waals surface area contributed by atoms with Crippen molar-refractivity contribution in [2.45, 2.75) is 6.42 Å². The smallest absolute Gasteiger partial charge is 0.155 e. The van der Waals surface area contributed by atoms with E-state index in [9.17, 15) is 0 Å². The number of fused-ring (bicyclic) bond motifs is 2. The average Bonchev–Trinajstić information content (AvgIpc) is 3.09. The first-order chi connectivity index (χ1) is 12.2. The Hall–Kier alpha value is -2.79. The molecule has 0 aliphatic heterocycles. The zero-order valence-corrected chi connectivity index (χ0v) is 14.2. The maximum absolute atomic E-state index is 8.27. The van der Waals surface area contributed by atoms with Crippen molar-refractivity contribution in [2.24, 2.45) is 0 Å². The lowest BCUT2D eigenvalue weighted by Crippen LogP contribution is -2.03. The molecular formula is C19H16ClN3O2. The molecule has 0 bridgehead atoms. The minimum atomic E-state index is 0.389. The third-order valence-electron chi connectivity index (χ3n) is 3.96. The first-order valence-electron chi connectivity index (χ1n) is 7.99. The van der Waals surface area contributed by atoms with Gasteiger partial charge < -0.3 is 13.6 Å². The molecular weight excluding hydrogens is 338 g/mol. The summed E-state index contributed by atoms with van der Waals surface area (Å²) in [4.78, 5) is 4.42. The largest absolute Gasteiger partial charge is 0.493 e. The maximum Gasteiger partial charge on any atom is 0.155 e. The molecule has 0 unspecified atom stereocenters. The van der Waals surface area contributed by atoms with Gasteiger partial charge in [-0.05, 0) is 36.8 Å². The molecule has 0 amide bonds. The summed E-state index contributed by atoms with van der Waals surface area (Å²) in [5, 5.41) is 9.40. The molecule has 0 fully saturated rings. The lowest BCUT2D eigenvalue weighted by atomic mass is 10.2. The van der Waals surface area contributed by atoms with Gasteiger partial charge in [-0.3, -0.25) is 5.41 Å². The van der Waals surface area contributed by atoms with Gasteiger partial charge in [-0.1, -0.05) is 0 Å². The van der Waals surface area contributed by atoms with Crippen LogP contribution in [0.2, 0.25) is 0 Å². The molecule has 4 rings (SSSR count). The average molecular weight is 354 g/mol. The van der Waals surface area contributed by atoms with E-state index in [-0.39, 0.29) is 0 Å². The Kier molecular flexibility index (Phi) is 4.15. The van der Waals surface area contributed by atoms with Crippen molar-refractivity contribution in [1.82, 2.24) is 9.38 Å². The molecule has 0 aliphatic rings. The molecule has 25 heavy (non-hydrogen) atoms. The fraction of sp³-hybridized carbons (Fsp3) is 0.158. The van der Waals surface area contributed by atoms with Crippen LogP contribution >= 0.6 is 11.6 Å². The van der Waals surface area contributed by atoms with Crippen LogP contribution in [-0.4, -0.2) is 21.9 Å². The Morgan fingerprint density at radius 1 is 1.20 bits per heavy atom. The van der Waals surface area contributed by atoms with E-state index in [1.54, 1.807) is 18.5 Å². The predicted octanol–water partition coefficient (Wildman–Crippen LogP) is 4.23. The van der Waals surface area contributed by atoms with Crippen molar-refractivity contribution in [1.29, 1.82) is 5.41 Å². The molecule has 3 heterocycles. The van der Waals surface area contributed by atoms with Crippen molar-refractivity contribution in [2.75, 3.05) is 12.5 Å². The first-order valence-corrected chi connectivity index (χ1v) is 8.52. The normalized spacial score (nSPS) is 11.2. The van der Waals surface area contributed by atoms with Crippen molar-refractivity contribution >= 4 is 28.1 Å². The zero-order valence-electron chi connectivity index (χ0n) is 13.4. The Morgan fingerprint density at radius 2 is 2.12 bits per heavy atom. The van der Waals surface area contributed by atoms with Gasteiger partial charge >= 0.3 is 0 Å². The summed E-state index contributed by atoms with van der Waals surface area (Å²) in [6, 6.07) is 13.1. The third-order valence-corrected chi connectivity index (χ3v) is 4.22. The molecule has 0 spiro atoms. The predicted molar refractivity (Wildman–Crippen MR) is 97.1 cm³/mol. The van der Waals surface area contributed by atoms with Crippen LogP contribution in [0.15, 0.2) is 59.4 Å². The van der Waals surface area contributed by atoms with Crippen LogP contribution in [0, 0.1) is 5.41 Å². The van der Waals surface area contributed by atoms with Gasteiger partial charge in [0.25, 0.3) is 0 Å². The number of rotatable bonds is 5. The van der Waals surface area contributed by atoms with E-state index in [0.717, 1.165) is 17.3 Å². The number of benzene rings is 1. The molecule has 1 N–H and O–H groups in total. The molecule has 3 aromatic heterocycles. The molecule has 0 saturated carbocycles. The van der Waals surface area contributed by atoms with Crippen LogP contribution in [0.1, 0.15) is 6.42 Å². The number of nitrogens with zero attached hydrogens (tertiary/aromatic N) is 2. The zero-order chi connectivity index (χ0) is 17.2. The number of hydrogen-bond donors (Lipinski definition) is 1. The highest BCUT2D eigenvalue weighted by atomic mass is 35.5. The molecule has 126 valence electrons. The number of aromatic nitrogens is 2. The standard InChI is InChI=1S/C19H16ClN3O2/c20-6-2-8-24-14-4-5-15-16(21)11-19(25-18(15)10-14)17-9-13-3-1-7-23(13)12-22-17/h1,3-5,7,9-12,21H,2,6,8H2. The van der Waals surface area contributed by atoms with Crippen LogP contribution in [-0.2, 0) is 0 Å². The summed E-state index contributed by atoms with van der Waals surface area (Å²) in [7, 11) is 0. The second kappa shape index (κ2) is 6.61. The Bertz CT molecular complexity index is 1100. The van der Waals surface area contributed by atoms with Crippen LogP contribution in [0.25, 0.3) is 27.9 Å². The van der Waals surface area contributed by atoms with Gasteiger partial charge in [0, 0.05) is 35.1 Å². The number of ether oxygens (including phenoxy) is 1. The summed E-state index contributed by atoms with van der Waals surface area (Å²) >= 11 is 5.67. The Balaban J connectivity index is 1.77. The minimum Gasteiger partial charge on any atom is -0.493 e. The summed E-state index contributed by atoms with van der Waals surface area (Å²) < 4.78 is 13.6. The highest BCUT2D eigenvalue weighted by Gasteiger charge is 2.08. The van der Waals surface area contributed by atoms with Gasteiger partial charge in [0.05, 0.1) is 18.3 Å². The van der Waals surface area contributed by atoms with Crippen LogP contribution in [0.5, 0.6) is 5.75 Å². The highest BCUT2D eigenvalue weighted by molar-refractivity contribution is 6.17. The highest BCUT2D eigenvalue weighted by Crippen LogP contribution is 2.24. The van der Waals surface area contributed by atoms with E-state index in [1.807, 2.05) is 40.9 Å². The monoisotopic (exact) mass is 353 g/mol. The van der Waals surface area contributed by atoms with Gasteiger partial charge in [0.1, 0.15) is 17.0 Å². The lowest BCUT2D eigenvalue weighted by Gasteiger charge is -2.08. The van der Waals surface area contributed by atoms with Gasteiger partial charge in [-0.2, -0.15) is 0 Å². The number of alkyl halides is 1. The third kappa shape index (κ3) is 3.10. The van der Waals surface area contributed by atoms with E-state index >= 15 is 0 Å². The van der Waals surface area contributed by atoms with E-state index < -0.39 is 0 Å². The number of nitrogens with one attached hydrogen (secondary N) is 1. The second-order valence-corrected chi connectivity index (χ2v) is 6.07. The van der Waals surface area contributed by atoms with Crippen LogP contribution in [0.3, 0.4) is 0 Å². The quantitative estimate of drug-likeness (QED) is 0.431. The van der Waals surface area contributed by atoms with Crippen molar-refractivity contribution in [3.8, 4) is 17.2 Å². The molecule has 5 nitrogen and oxygen atoms in total. The van der Waals surface area contributed by atoms with Crippen molar-refractivity contribution < 1.29 is 9.15 Å². The summed E-state index contributed by atoms with van der Waals surface area (Å²) in [6.45, 7) is 0.550. The van der Waals surface area contributed by atoms with Gasteiger partial charge in [0.15, 0.2) is 5.76 Å². The van der Waals surface area contributed by atoms with E-state index in [1.165, 1.54) is 0 Å². The molecule has 4 aromatic rings. The summed E-state index contributed by atoms with van der Waals surface area (Å²) in [5.74, 6) is 1.82. The number of hydrogen-bond acceptors (Lipinski definition) is 4. The molecule has 0 atom stereocenters.